The molecule has 0 aliphatic heterocycles. The van der Waals surface area contributed by atoms with Crippen molar-refractivity contribution >= 4 is 16.8 Å². The number of fused-ring (bicyclic) bond motifs is 1. The highest BCUT2D eigenvalue weighted by molar-refractivity contribution is 5.95. The number of rotatable bonds is 5. The average Bonchev–Trinajstić information content (AvgIpc) is 3.09. The summed E-state index contributed by atoms with van der Waals surface area (Å²) in [5, 5.41) is 3.80. The van der Waals surface area contributed by atoms with Gasteiger partial charge >= 0.3 is 0 Å². The zero-order valence-corrected chi connectivity index (χ0v) is 16.9. The van der Waals surface area contributed by atoms with Gasteiger partial charge in [-0.15, -0.1) is 0 Å². The molecule has 4 aromatic rings. The highest BCUT2D eigenvalue weighted by Gasteiger charge is 2.14. The number of hydrogen-bond acceptors (Lipinski definition) is 1. The molecule has 0 bridgehead atoms. The summed E-state index contributed by atoms with van der Waals surface area (Å²) < 4.78 is 28.0. The highest BCUT2D eigenvalue weighted by Crippen LogP contribution is 2.28. The van der Waals surface area contributed by atoms with Crippen LogP contribution in [0.4, 0.5) is 8.78 Å². The molecule has 1 heterocycles. The first-order chi connectivity index (χ1) is 14.5. The van der Waals surface area contributed by atoms with Gasteiger partial charge in [-0.3, -0.25) is 4.79 Å². The Morgan fingerprint density at radius 3 is 2.40 bits per heavy atom. The molecule has 1 amide bonds. The molecule has 0 atom stereocenters. The third kappa shape index (κ3) is 3.71. The standard InChI is InChI=1S/C25H22F2N2O/c1-15-7-12-22(27)24-23(15)19(16(2)29-24)13-14-28-25(30)18-10-8-17(9-11-18)20-5-3-4-6-21(20)26/h3-12,29H,13-14H2,1-2H3,(H,28,30). The molecule has 0 fully saturated rings. The summed E-state index contributed by atoms with van der Waals surface area (Å²) in [6.45, 7) is 4.30. The lowest BCUT2D eigenvalue weighted by molar-refractivity contribution is 0.0954. The largest absolute Gasteiger partial charge is 0.356 e. The number of carbonyl (C=O) groups is 1. The number of aromatic nitrogens is 1. The summed E-state index contributed by atoms with van der Waals surface area (Å²) >= 11 is 0. The van der Waals surface area contributed by atoms with Crippen molar-refractivity contribution < 1.29 is 13.6 Å². The molecule has 0 aliphatic carbocycles. The van der Waals surface area contributed by atoms with Crippen molar-refractivity contribution in [3.8, 4) is 11.1 Å². The van der Waals surface area contributed by atoms with Gasteiger partial charge in [-0.2, -0.15) is 0 Å². The van der Waals surface area contributed by atoms with E-state index in [1.807, 2.05) is 13.8 Å². The molecule has 0 aliphatic rings. The van der Waals surface area contributed by atoms with Gasteiger partial charge in [0.15, 0.2) is 0 Å². The second-order valence-corrected chi connectivity index (χ2v) is 7.41. The second-order valence-electron chi connectivity index (χ2n) is 7.41. The van der Waals surface area contributed by atoms with Crippen LogP contribution in [0.2, 0.25) is 0 Å². The molecule has 0 saturated heterocycles. The SMILES string of the molecule is Cc1[nH]c2c(F)ccc(C)c2c1CCNC(=O)c1ccc(-c2ccccc2F)cc1. The number of amides is 1. The third-order valence-electron chi connectivity index (χ3n) is 5.42. The summed E-state index contributed by atoms with van der Waals surface area (Å²) in [6, 6.07) is 16.6. The van der Waals surface area contributed by atoms with Crippen molar-refractivity contribution in [1.29, 1.82) is 0 Å². The summed E-state index contributed by atoms with van der Waals surface area (Å²) in [5.74, 6) is -0.769. The van der Waals surface area contributed by atoms with Gasteiger partial charge in [0.25, 0.3) is 5.91 Å². The number of aromatic amines is 1. The molecule has 4 rings (SSSR count). The number of hydrogen-bond donors (Lipinski definition) is 2. The first-order valence-corrected chi connectivity index (χ1v) is 9.85. The maximum Gasteiger partial charge on any atom is 0.251 e. The normalized spacial score (nSPS) is 11.1. The molecule has 3 aromatic carbocycles. The van der Waals surface area contributed by atoms with E-state index in [1.165, 1.54) is 12.1 Å². The molecule has 30 heavy (non-hydrogen) atoms. The molecule has 152 valence electrons. The van der Waals surface area contributed by atoms with Crippen LogP contribution in [-0.2, 0) is 6.42 Å². The Hall–Kier alpha value is -3.47. The van der Waals surface area contributed by atoms with Gasteiger partial charge in [0, 0.05) is 28.8 Å². The molecule has 0 unspecified atom stereocenters. The summed E-state index contributed by atoms with van der Waals surface area (Å²) in [7, 11) is 0. The Labute approximate surface area is 173 Å². The maximum absolute atomic E-state index is 14.1. The van der Waals surface area contributed by atoms with E-state index in [4.69, 9.17) is 0 Å². The predicted octanol–water partition coefficient (Wildman–Crippen LogP) is 5.70. The molecule has 0 saturated carbocycles. The summed E-state index contributed by atoms with van der Waals surface area (Å²) in [4.78, 5) is 15.6. The van der Waals surface area contributed by atoms with Gasteiger partial charge in [0.1, 0.15) is 11.6 Å². The number of nitrogens with one attached hydrogen (secondary N) is 2. The molecule has 1 aromatic heterocycles. The molecule has 0 radical (unpaired) electrons. The van der Waals surface area contributed by atoms with E-state index >= 15 is 0 Å². The topological polar surface area (TPSA) is 44.9 Å². The van der Waals surface area contributed by atoms with Crippen LogP contribution in [0.1, 0.15) is 27.2 Å². The number of aryl methyl sites for hydroxylation is 2. The van der Waals surface area contributed by atoms with Gasteiger partial charge in [-0.1, -0.05) is 36.4 Å². The predicted molar refractivity (Wildman–Crippen MR) is 116 cm³/mol. The van der Waals surface area contributed by atoms with E-state index in [9.17, 15) is 13.6 Å². The van der Waals surface area contributed by atoms with Crippen LogP contribution in [0.15, 0.2) is 60.7 Å². The van der Waals surface area contributed by atoms with Crippen molar-refractivity contribution in [2.24, 2.45) is 0 Å². The smallest absolute Gasteiger partial charge is 0.251 e. The van der Waals surface area contributed by atoms with E-state index in [2.05, 4.69) is 10.3 Å². The van der Waals surface area contributed by atoms with E-state index in [0.717, 1.165) is 27.8 Å². The van der Waals surface area contributed by atoms with E-state index in [0.29, 0.717) is 29.6 Å². The molecule has 5 heteroatoms. The van der Waals surface area contributed by atoms with E-state index in [-0.39, 0.29) is 17.5 Å². The van der Waals surface area contributed by atoms with Crippen LogP contribution >= 0.6 is 0 Å². The third-order valence-corrected chi connectivity index (χ3v) is 5.42. The first-order valence-electron chi connectivity index (χ1n) is 9.85. The van der Waals surface area contributed by atoms with Crippen LogP contribution in [0, 0.1) is 25.5 Å². The zero-order valence-electron chi connectivity index (χ0n) is 16.9. The van der Waals surface area contributed by atoms with E-state index < -0.39 is 0 Å². The van der Waals surface area contributed by atoms with Crippen LogP contribution in [0.3, 0.4) is 0 Å². The lowest BCUT2D eigenvalue weighted by Crippen LogP contribution is -2.25. The first kappa shape index (κ1) is 19.8. The van der Waals surface area contributed by atoms with Gasteiger partial charge in [0.05, 0.1) is 5.52 Å². The number of H-pyrrole nitrogens is 1. The van der Waals surface area contributed by atoms with Crippen LogP contribution in [0.25, 0.3) is 22.0 Å². The number of carbonyl (C=O) groups excluding carboxylic acids is 1. The zero-order chi connectivity index (χ0) is 21.3. The van der Waals surface area contributed by atoms with Crippen molar-refractivity contribution in [3.63, 3.8) is 0 Å². The Morgan fingerprint density at radius 1 is 0.933 bits per heavy atom. The van der Waals surface area contributed by atoms with Crippen molar-refractivity contribution in [3.05, 3.63) is 94.7 Å². The van der Waals surface area contributed by atoms with Crippen molar-refractivity contribution in [2.45, 2.75) is 20.3 Å². The molecule has 3 nitrogen and oxygen atoms in total. The van der Waals surface area contributed by atoms with Gasteiger partial charge < -0.3 is 10.3 Å². The minimum Gasteiger partial charge on any atom is -0.356 e. The van der Waals surface area contributed by atoms with Crippen molar-refractivity contribution in [1.82, 2.24) is 10.3 Å². The fraction of sp³-hybridized carbons (Fsp3) is 0.160. The Kier molecular flexibility index (Phi) is 5.36. The summed E-state index contributed by atoms with van der Waals surface area (Å²) in [5.41, 5.74) is 5.16. The molecule has 2 N–H and O–H groups in total. The van der Waals surface area contributed by atoms with Crippen LogP contribution < -0.4 is 5.32 Å². The number of halogens is 2. The van der Waals surface area contributed by atoms with Crippen LogP contribution in [0.5, 0.6) is 0 Å². The molecular formula is C25H22F2N2O. The fourth-order valence-electron chi connectivity index (χ4n) is 3.86. The van der Waals surface area contributed by atoms with Gasteiger partial charge in [-0.05, 0) is 61.2 Å². The van der Waals surface area contributed by atoms with E-state index in [1.54, 1.807) is 48.5 Å². The lowest BCUT2D eigenvalue weighted by atomic mass is 10.0. The lowest BCUT2D eigenvalue weighted by Gasteiger charge is -2.08. The molecular weight excluding hydrogens is 382 g/mol. The Morgan fingerprint density at radius 2 is 1.67 bits per heavy atom. The minimum absolute atomic E-state index is 0.199. The Balaban J connectivity index is 1.45. The monoisotopic (exact) mass is 404 g/mol. The highest BCUT2D eigenvalue weighted by atomic mass is 19.1. The van der Waals surface area contributed by atoms with Gasteiger partial charge in [-0.25, -0.2) is 8.78 Å². The quantitative estimate of drug-likeness (QED) is 0.440. The number of benzene rings is 3. The van der Waals surface area contributed by atoms with Crippen LogP contribution in [-0.4, -0.2) is 17.4 Å². The Bertz CT molecular complexity index is 1230. The summed E-state index contributed by atoms with van der Waals surface area (Å²) in [6.07, 6.45) is 0.592. The van der Waals surface area contributed by atoms with Gasteiger partial charge in [0.2, 0.25) is 0 Å². The average molecular weight is 404 g/mol. The fourth-order valence-corrected chi connectivity index (χ4v) is 3.86. The minimum atomic E-state index is -0.296. The second kappa shape index (κ2) is 8.11. The molecule has 0 spiro atoms. The van der Waals surface area contributed by atoms with Crippen molar-refractivity contribution in [2.75, 3.05) is 6.54 Å². The maximum atomic E-state index is 14.1.